The van der Waals surface area contributed by atoms with Gasteiger partial charge in [-0.3, -0.25) is 9.82 Å². The third-order valence-corrected chi connectivity index (χ3v) is 8.75. The molecule has 38 heavy (non-hydrogen) atoms. The highest BCUT2D eigenvalue weighted by molar-refractivity contribution is 7.99. The Balaban J connectivity index is 1.36. The van der Waals surface area contributed by atoms with E-state index < -0.39 is 16.3 Å². The fraction of sp³-hybridized carbons (Fsp3) is 0.259. The molecule has 0 radical (unpaired) electrons. The average Bonchev–Trinajstić information content (AvgIpc) is 3.47. The quantitative estimate of drug-likeness (QED) is 0.256. The number of aromatic nitrogens is 3. The summed E-state index contributed by atoms with van der Waals surface area (Å²) in [5.41, 5.74) is 3.03. The van der Waals surface area contributed by atoms with Crippen LogP contribution in [-0.4, -0.2) is 40.6 Å². The van der Waals surface area contributed by atoms with Crippen LogP contribution >= 0.6 is 11.8 Å². The fourth-order valence-electron chi connectivity index (χ4n) is 4.26. The van der Waals surface area contributed by atoms with Crippen molar-refractivity contribution in [2.24, 2.45) is 5.92 Å². The minimum atomic E-state index is -3.69. The second-order valence-electron chi connectivity index (χ2n) is 8.96. The Bertz CT molecular complexity index is 1420. The van der Waals surface area contributed by atoms with Crippen LogP contribution in [0.25, 0.3) is 0 Å². The summed E-state index contributed by atoms with van der Waals surface area (Å²) in [6.07, 6.45) is 0.396. The number of nitrogens with one attached hydrogen (secondary N) is 2. The van der Waals surface area contributed by atoms with Crippen LogP contribution in [0.3, 0.4) is 0 Å². The highest BCUT2D eigenvalue weighted by Gasteiger charge is 2.38. The van der Waals surface area contributed by atoms with Gasteiger partial charge in [-0.25, -0.2) is 13.4 Å². The molecule has 0 spiro atoms. The van der Waals surface area contributed by atoms with Crippen molar-refractivity contribution in [3.05, 3.63) is 102 Å². The van der Waals surface area contributed by atoms with Gasteiger partial charge in [0.15, 0.2) is 11.4 Å². The van der Waals surface area contributed by atoms with E-state index >= 15 is 0 Å². The molecule has 0 aliphatic carbocycles. The number of anilines is 1. The molecule has 0 amide bonds. The maximum absolute atomic E-state index is 12.7. The standard InChI is InChI=1S/C27H28N4O5S2/c1-18-24(16-37-27-28-17-29-30-27)35-26(36-25(18)20-9-7-19(15-32)8-10-20)21-11-13-22(14-12-21)31-38(33,34)23-5-3-2-4-6-23/h2-14,17-18,24-26,31-32H,15-16H2,1H3,(H,28,29,30). The molecule has 3 aromatic carbocycles. The van der Waals surface area contributed by atoms with Crippen LogP contribution in [0.1, 0.15) is 36.0 Å². The lowest BCUT2D eigenvalue weighted by atomic mass is 9.91. The highest BCUT2D eigenvalue weighted by atomic mass is 32.2. The van der Waals surface area contributed by atoms with Crippen molar-refractivity contribution >= 4 is 27.5 Å². The molecule has 4 aromatic rings. The van der Waals surface area contributed by atoms with Gasteiger partial charge in [-0.15, -0.1) is 0 Å². The zero-order valence-electron chi connectivity index (χ0n) is 20.6. The fourth-order valence-corrected chi connectivity index (χ4v) is 6.28. The SMILES string of the molecule is CC1C(CSc2ncn[nH]2)OC(c2ccc(NS(=O)(=O)c3ccccc3)cc2)OC1c1ccc(CO)cc1. The Morgan fingerprint density at radius 3 is 2.34 bits per heavy atom. The largest absolute Gasteiger partial charge is 0.392 e. The summed E-state index contributed by atoms with van der Waals surface area (Å²) in [5, 5.41) is 16.9. The second-order valence-corrected chi connectivity index (χ2v) is 11.7. The van der Waals surface area contributed by atoms with Crippen LogP contribution in [-0.2, 0) is 26.1 Å². The van der Waals surface area contributed by atoms with E-state index in [9.17, 15) is 13.5 Å². The molecule has 1 saturated heterocycles. The first-order chi connectivity index (χ1) is 18.4. The Morgan fingerprint density at radius 1 is 0.974 bits per heavy atom. The van der Waals surface area contributed by atoms with Crippen LogP contribution in [0.15, 0.2) is 95.2 Å². The number of hydrogen-bond acceptors (Lipinski definition) is 8. The van der Waals surface area contributed by atoms with Gasteiger partial charge in [-0.2, -0.15) is 5.10 Å². The maximum atomic E-state index is 12.7. The highest BCUT2D eigenvalue weighted by Crippen LogP contribution is 2.43. The number of rotatable bonds is 9. The van der Waals surface area contributed by atoms with Gasteiger partial charge in [0.05, 0.1) is 23.7 Å². The third kappa shape index (κ3) is 6.08. The molecule has 9 nitrogen and oxygen atoms in total. The molecule has 0 bridgehead atoms. The number of nitrogens with zero attached hydrogens (tertiary/aromatic N) is 2. The minimum absolute atomic E-state index is 0.0239. The lowest BCUT2D eigenvalue weighted by molar-refractivity contribution is -0.268. The average molecular weight is 553 g/mol. The van der Waals surface area contributed by atoms with Crippen LogP contribution in [0.4, 0.5) is 5.69 Å². The van der Waals surface area contributed by atoms with E-state index in [1.807, 2.05) is 24.3 Å². The lowest BCUT2D eigenvalue weighted by Crippen LogP contribution is -2.38. The summed E-state index contributed by atoms with van der Waals surface area (Å²) in [4.78, 5) is 4.38. The molecule has 198 valence electrons. The van der Waals surface area contributed by atoms with Gasteiger partial charge in [0, 0.05) is 22.9 Å². The molecular formula is C27H28N4O5S2. The van der Waals surface area contributed by atoms with Crippen molar-refractivity contribution in [1.82, 2.24) is 15.2 Å². The Morgan fingerprint density at radius 2 is 1.68 bits per heavy atom. The Kier molecular flexibility index (Phi) is 8.10. The monoisotopic (exact) mass is 552 g/mol. The number of sulfonamides is 1. The van der Waals surface area contributed by atoms with Crippen LogP contribution in [0.2, 0.25) is 0 Å². The van der Waals surface area contributed by atoms with Crippen LogP contribution in [0, 0.1) is 5.92 Å². The summed E-state index contributed by atoms with van der Waals surface area (Å²) < 4.78 is 40.9. The maximum Gasteiger partial charge on any atom is 0.261 e. The first-order valence-electron chi connectivity index (χ1n) is 12.1. The first kappa shape index (κ1) is 26.4. The van der Waals surface area contributed by atoms with Gasteiger partial charge in [-0.05, 0) is 35.4 Å². The van der Waals surface area contributed by atoms with Crippen molar-refractivity contribution in [1.29, 1.82) is 0 Å². The number of hydrogen-bond donors (Lipinski definition) is 3. The summed E-state index contributed by atoms with van der Waals surface area (Å²) in [5.74, 6) is 0.662. The van der Waals surface area contributed by atoms with Crippen LogP contribution < -0.4 is 4.72 Å². The third-order valence-electron chi connectivity index (χ3n) is 6.39. The number of H-pyrrole nitrogens is 1. The molecule has 1 aromatic heterocycles. The van der Waals surface area contributed by atoms with Gasteiger partial charge >= 0.3 is 0 Å². The van der Waals surface area contributed by atoms with Gasteiger partial charge in [0.2, 0.25) is 0 Å². The molecule has 2 heterocycles. The predicted octanol–water partition coefficient (Wildman–Crippen LogP) is 4.68. The normalized spacial score (nSPS) is 21.7. The van der Waals surface area contributed by atoms with Gasteiger partial charge in [-0.1, -0.05) is 73.3 Å². The molecule has 1 fully saturated rings. The van der Waals surface area contributed by atoms with Gasteiger partial charge in [0.1, 0.15) is 6.33 Å². The second kappa shape index (κ2) is 11.7. The van der Waals surface area contributed by atoms with Crippen molar-refractivity contribution in [2.75, 3.05) is 10.5 Å². The van der Waals surface area contributed by atoms with Crippen molar-refractivity contribution in [3.63, 3.8) is 0 Å². The van der Waals surface area contributed by atoms with Crippen molar-refractivity contribution < 1.29 is 23.0 Å². The molecule has 3 N–H and O–H groups in total. The van der Waals surface area contributed by atoms with E-state index in [0.29, 0.717) is 16.6 Å². The molecule has 5 rings (SSSR count). The summed E-state index contributed by atoms with van der Waals surface area (Å²) in [6, 6.07) is 22.9. The summed E-state index contributed by atoms with van der Waals surface area (Å²) in [7, 11) is -3.69. The molecule has 1 aliphatic rings. The Hall–Kier alpha value is -3.22. The summed E-state index contributed by atoms with van der Waals surface area (Å²) in [6.45, 7) is 2.07. The smallest absolute Gasteiger partial charge is 0.261 e. The topological polar surface area (TPSA) is 126 Å². The lowest BCUT2D eigenvalue weighted by Gasteiger charge is -2.41. The first-order valence-corrected chi connectivity index (χ1v) is 14.6. The van der Waals surface area contributed by atoms with Gasteiger partial charge in [0.25, 0.3) is 10.0 Å². The van der Waals surface area contributed by atoms with E-state index in [1.165, 1.54) is 18.1 Å². The van der Waals surface area contributed by atoms with Crippen LogP contribution in [0.5, 0.6) is 0 Å². The van der Waals surface area contributed by atoms with Crippen molar-refractivity contribution in [2.45, 2.75) is 42.1 Å². The number of aliphatic hydroxyl groups excluding tert-OH is 1. The molecular weight excluding hydrogens is 524 g/mol. The molecule has 11 heteroatoms. The van der Waals surface area contributed by atoms with E-state index in [4.69, 9.17) is 9.47 Å². The van der Waals surface area contributed by atoms with E-state index in [-0.39, 0.29) is 29.6 Å². The molecule has 4 atom stereocenters. The predicted molar refractivity (Wildman–Crippen MR) is 144 cm³/mol. The minimum Gasteiger partial charge on any atom is -0.392 e. The zero-order valence-corrected chi connectivity index (χ0v) is 22.2. The number of ether oxygens (including phenoxy) is 2. The number of thioether (sulfide) groups is 1. The summed E-state index contributed by atoms with van der Waals surface area (Å²) >= 11 is 1.53. The number of benzene rings is 3. The zero-order chi connectivity index (χ0) is 26.5. The van der Waals surface area contributed by atoms with Crippen molar-refractivity contribution in [3.8, 4) is 0 Å². The van der Waals surface area contributed by atoms with E-state index in [2.05, 4.69) is 26.8 Å². The van der Waals surface area contributed by atoms with E-state index in [1.54, 1.807) is 54.6 Å². The Labute approximate surface area is 225 Å². The molecule has 1 aliphatic heterocycles. The molecule has 4 unspecified atom stereocenters. The number of aromatic amines is 1. The van der Waals surface area contributed by atoms with Gasteiger partial charge < -0.3 is 14.6 Å². The number of aliphatic hydroxyl groups is 1. The van der Waals surface area contributed by atoms with E-state index in [0.717, 1.165) is 16.7 Å². The molecule has 0 saturated carbocycles.